The summed E-state index contributed by atoms with van der Waals surface area (Å²) in [6.07, 6.45) is 5.32. The van der Waals surface area contributed by atoms with Gasteiger partial charge in [0.1, 0.15) is 5.82 Å². The summed E-state index contributed by atoms with van der Waals surface area (Å²) in [4.78, 5) is 3.94. The number of rotatable bonds is 3. The Morgan fingerprint density at radius 3 is 2.67 bits per heavy atom. The van der Waals surface area contributed by atoms with E-state index in [-0.39, 0.29) is 5.82 Å². The van der Waals surface area contributed by atoms with Crippen molar-refractivity contribution in [1.29, 1.82) is 0 Å². The van der Waals surface area contributed by atoms with E-state index in [1.165, 1.54) is 12.1 Å². The fourth-order valence-electron chi connectivity index (χ4n) is 1.38. The molecule has 0 fully saturated rings. The fourth-order valence-corrected chi connectivity index (χ4v) is 1.38. The number of halogens is 1. The third kappa shape index (κ3) is 2.31. The van der Waals surface area contributed by atoms with Crippen molar-refractivity contribution < 1.29 is 4.39 Å². The second-order valence-electron chi connectivity index (χ2n) is 3.35. The van der Waals surface area contributed by atoms with E-state index in [0.29, 0.717) is 6.54 Å². The van der Waals surface area contributed by atoms with Crippen LogP contribution in [0.1, 0.15) is 5.56 Å². The first-order valence-corrected chi connectivity index (χ1v) is 4.65. The highest BCUT2D eigenvalue weighted by molar-refractivity contribution is 5.62. The zero-order chi connectivity index (χ0) is 10.7. The van der Waals surface area contributed by atoms with Gasteiger partial charge < -0.3 is 4.57 Å². The van der Waals surface area contributed by atoms with Gasteiger partial charge >= 0.3 is 0 Å². The number of hydrogen-bond donors (Lipinski definition) is 0. The first kappa shape index (κ1) is 9.65. The van der Waals surface area contributed by atoms with Crippen LogP contribution in [0.2, 0.25) is 0 Å². The quantitative estimate of drug-likeness (QED) is 0.748. The number of aromatic nitrogens is 2. The lowest BCUT2D eigenvalue weighted by Gasteiger charge is -2.06. The highest BCUT2D eigenvalue weighted by Crippen LogP contribution is 2.14. The van der Waals surface area contributed by atoms with Gasteiger partial charge in [0, 0.05) is 18.9 Å². The van der Waals surface area contributed by atoms with E-state index >= 15 is 0 Å². The number of benzene rings is 1. The van der Waals surface area contributed by atoms with E-state index in [4.69, 9.17) is 0 Å². The smallest absolute Gasteiger partial charge is 0.123 e. The molecule has 2 rings (SSSR count). The van der Waals surface area contributed by atoms with Crippen LogP contribution in [0.4, 0.5) is 4.39 Å². The maximum absolute atomic E-state index is 12.7. The minimum absolute atomic E-state index is 0.228. The molecule has 0 saturated carbocycles. The molecule has 0 amide bonds. The molecule has 76 valence electrons. The number of allylic oxidation sites excluding steroid dienone is 1. The normalized spacial score (nSPS) is 10.2. The third-order valence-electron chi connectivity index (χ3n) is 2.19. The van der Waals surface area contributed by atoms with Crippen LogP contribution in [0.3, 0.4) is 0 Å². The highest BCUT2D eigenvalue weighted by atomic mass is 19.1. The lowest BCUT2D eigenvalue weighted by Crippen LogP contribution is -1.96. The van der Waals surface area contributed by atoms with Gasteiger partial charge in [0.25, 0.3) is 0 Å². The van der Waals surface area contributed by atoms with E-state index in [1.54, 1.807) is 24.7 Å². The van der Waals surface area contributed by atoms with Gasteiger partial charge in [-0.1, -0.05) is 18.7 Å². The molecule has 0 aliphatic heterocycles. The Bertz CT molecular complexity index is 443. The average molecular weight is 202 g/mol. The first-order chi connectivity index (χ1) is 7.25. The minimum atomic E-state index is -0.228. The summed E-state index contributed by atoms with van der Waals surface area (Å²) in [5.74, 6) is -0.228. The summed E-state index contributed by atoms with van der Waals surface area (Å²) >= 11 is 0. The van der Waals surface area contributed by atoms with E-state index in [0.717, 1.165) is 11.1 Å². The van der Waals surface area contributed by atoms with E-state index in [1.807, 2.05) is 10.8 Å². The monoisotopic (exact) mass is 202 g/mol. The number of hydrogen-bond acceptors (Lipinski definition) is 1. The molecule has 0 radical (unpaired) electrons. The molecular formula is C12H11FN2. The molecule has 0 bridgehead atoms. The Morgan fingerprint density at radius 1 is 1.33 bits per heavy atom. The van der Waals surface area contributed by atoms with Crippen molar-refractivity contribution in [3.63, 3.8) is 0 Å². The van der Waals surface area contributed by atoms with E-state index < -0.39 is 0 Å². The number of nitrogens with zero attached hydrogens (tertiary/aromatic N) is 2. The van der Waals surface area contributed by atoms with Crippen LogP contribution in [-0.4, -0.2) is 9.55 Å². The summed E-state index contributed by atoms with van der Waals surface area (Å²) in [5.41, 5.74) is 1.89. The van der Waals surface area contributed by atoms with Gasteiger partial charge in [0.05, 0.1) is 6.33 Å². The van der Waals surface area contributed by atoms with Crippen LogP contribution < -0.4 is 0 Å². The summed E-state index contributed by atoms with van der Waals surface area (Å²) in [5, 5.41) is 0. The molecule has 15 heavy (non-hydrogen) atoms. The molecule has 3 heteroatoms. The van der Waals surface area contributed by atoms with Gasteiger partial charge in [-0.15, -0.1) is 0 Å². The molecule has 0 saturated heterocycles. The van der Waals surface area contributed by atoms with Crippen LogP contribution in [0.15, 0.2) is 49.6 Å². The van der Waals surface area contributed by atoms with Crippen LogP contribution in [0.5, 0.6) is 0 Å². The van der Waals surface area contributed by atoms with Crippen LogP contribution >= 0.6 is 0 Å². The molecule has 0 unspecified atom stereocenters. The van der Waals surface area contributed by atoms with Gasteiger partial charge in [-0.3, -0.25) is 0 Å². The lowest BCUT2D eigenvalue weighted by atomic mass is 10.1. The third-order valence-corrected chi connectivity index (χ3v) is 2.19. The van der Waals surface area contributed by atoms with Gasteiger partial charge in [0.15, 0.2) is 0 Å². The molecule has 0 aliphatic carbocycles. The lowest BCUT2D eigenvalue weighted by molar-refractivity contribution is 0.627. The maximum Gasteiger partial charge on any atom is 0.123 e. The average Bonchev–Trinajstić information content (AvgIpc) is 2.71. The predicted molar refractivity (Wildman–Crippen MR) is 57.7 cm³/mol. The second-order valence-corrected chi connectivity index (χ2v) is 3.35. The zero-order valence-corrected chi connectivity index (χ0v) is 8.23. The van der Waals surface area contributed by atoms with Gasteiger partial charge in [-0.2, -0.15) is 0 Å². The summed E-state index contributed by atoms with van der Waals surface area (Å²) in [7, 11) is 0. The van der Waals surface area contributed by atoms with Gasteiger partial charge in [-0.05, 0) is 23.3 Å². The Labute approximate surface area is 87.7 Å². The van der Waals surface area contributed by atoms with E-state index in [9.17, 15) is 4.39 Å². The summed E-state index contributed by atoms with van der Waals surface area (Å²) in [6.45, 7) is 4.63. The van der Waals surface area contributed by atoms with Crippen molar-refractivity contribution >= 4 is 5.57 Å². The van der Waals surface area contributed by atoms with Crippen molar-refractivity contribution in [3.8, 4) is 0 Å². The molecule has 2 nitrogen and oxygen atoms in total. The SMILES string of the molecule is C=C(Cn1ccnc1)c1ccc(F)cc1. The Kier molecular flexibility index (Phi) is 2.63. The molecule has 2 aromatic rings. The maximum atomic E-state index is 12.7. The largest absolute Gasteiger partial charge is 0.333 e. The Hall–Kier alpha value is -1.90. The van der Waals surface area contributed by atoms with Crippen molar-refractivity contribution in [3.05, 3.63) is 60.9 Å². The second kappa shape index (κ2) is 4.09. The van der Waals surface area contributed by atoms with Crippen LogP contribution in [0, 0.1) is 5.82 Å². The molecule has 1 aromatic heterocycles. The summed E-state index contributed by atoms with van der Waals surface area (Å²) < 4.78 is 14.6. The van der Waals surface area contributed by atoms with Crippen molar-refractivity contribution in [1.82, 2.24) is 9.55 Å². The van der Waals surface area contributed by atoms with Crippen molar-refractivity contribution in [2.45, 2.75) is 6.54 Å². The molecule has 0 spiro atoms. The molecule has 0 N–H and O–H groups in total. The van der Waals surface area contributed by atoms with Gasteiger partial charge in [-0.25, -0.2) is 9.37 Å². The highest BCUT2D eigenvalue weighted by Gasteiger charge is 1.99. The molecule has 0 atom stereocenters. The van der Waals surface area contributed by atoms with Gasteiger partial charge in [0.2, 0.25) is 0 Å². The van der Waals surface area contributed by atoms with E-state index in [2.05, 4.69) is 11.6 Å². The molecule has 1 aromatic carbocycles. The molecule has 0 aliphatic rings. The fraction of sp³-hybridized carbons (Fsp3) is 0.0833. The number of imidazole rings is 1. The van der Waals surface area contributed by atoms with Crippen LogP contribution in [-0.2, 0) is 6.54 Å². The standard InChI is InChI=1S/C12H11FN2/c1-10(8-15-7-6-14-9-15)11-2-4-12(13)5-3-11/h2-7,9H,1,8H2. The van der Waals surface area contributed by atoms with Crippen molar-refractivity contribution in [2.75, 3.05) is 0 Å². The Morgan fingerprint density at radius 2 is 2.07 bits per heavy atom. The zero-order valence-electron chi connectivity index (χ0n) is 8.23. The topological polar surface area (TPSA) is 17.8 Å². The molecular weight excluding hydrogens is 191 g/mol. The summed E-state index contributed by atoms with van der Waals surface area (Å²) in [6, 6.07) is 6.34. The van der Waals surface area contributed by atoms with Crippen molar-refractivity contribution in [2.24, 2.45) is 0 Å². The molecule has 1 heterocycles. The van der Waals surface area contributed by atoms with Crippen LogP contribution in [0.25, 0.3) is 5.57 Å². The first-order valence-electron chi connectivity index (χ1n) is 4.65. The predicted octanol–water partition coefficient (Wildman–Crippen LogP) is 2.74. The Balaban J connectivity index is 2.11. The minimum Gasteiger partial charge on any atom is -0.333 e.